The third-order valence-electron chi connectivity index (χ3n) is 8.68. The van der Waals surface area contributed by atoms with Gasteiger partial charge >= 0.3 is 0 Å². The van der Waals surface area contributed by atoms with Crippen LogP contribution in [0.4, 0.5) is 0 Å². The van der Waals surface area contributed by atoms with Gasteiger partial charge in [0.25, 0.3) is 0 Å². The van der Waals surface area contributed by atoms with E-state index in [1.54, 1.807) is 0 Å². The summed E-state index contributed by atoms with van der Waals surface area (Å²) in [4.78, 5) is 9.80. The summed E-state index contributed by atoms with van der Waals surface area (Å²) in [5.74, 6) is 3.14. The van der Waals surface area contributed by atoms with E-state index in [2.05, 4.69) is 105 Å². The Kier molecular flexibility index (Phi) is 6.42. The van der Waals surface area contributed by atoms with Gasteiger partial charge in [-0.1, -0.05) is 94.4 Å². The van der Waals surface area contributed by atoms with E-state index in [0.29, 0.717) is 17.5 Å². The lowest BCUT2D eigenvalue weighted by molar-refractivity contribution is 0.483. The van der Waals surface area contributed by atoms with Crippen molar-refractivity contribution in [3.63, 3.8) is 0 Å². The minimum atomic E-state index is 0.380. The second-order valence-electron chi connectivity index (χ2n) is 12.3. The topological polar surface area (TPSA) is 53.1 Å². The van der Waals surface area contributed by atoms with E-state index in [-0.39, 0.29) is 0 Å². The number of pyridine rings is 1. The van der Waals surface area contributed by atoms with Crippen LogP contribution in [-0.4, -0.2) is 14.5 Å². The second kappa shape index (κ2) is 10.6. The van der Waals surface area contributed by atoms with Crippen molar-refractivity contribution in [3.8, 4) is 28.6 Å². The van der Waals surface area contributed by atoms with E-state index in [4.69, 9.17) is 19.1 Å². The van der Waals surface area contributed by atoms with Crippen molar-refractivity contribution in [2.45, 2.75) is 39.5 Å². The number of ether oxygens (including phenoxy) is 1. The van der Waals surface area contributed by atoms with E-state index < -0.39 is 0 Å². The summed E-state index contributed by atoms with van der Waals surface area (Å²) in [6, 6.07) is 35.5. The van der Waals surface area contributed by atoms with Gasteiger partial charge in [0.1, 0.15) is 22.9 Å². The summed E-state index contributed by atoms with van der Waals surface area (Å²) >= 11 is 0. The summed E-state index contributed by atoms with van der Waals surface area (Å²) in [7, 11) is 0. The van der Waals surface area contributed by atoms with Crippen molar-refractivity contribution in [1.82, 2.24) is 14.5 Å². The number of para-hydroxylation sites is 2. The molecule has 0 saturated carbocycles. The molecule has 0 bridgehead atoms. The van der Waals surface area contributed by atoms with Crippen LogP contribution in [0.3, 0.4) is 0 Å². The number of benzene rings is 5. The highest BCUT2D eigenvalue weighted by Gasteiger charge is 2.19. The highest BCUT2D eigenvalue weighted by Crippen LogP contribution is 2.37. The maximum atomic E-state index is 6.49. The molecule has 8 rings (SSSR count). The molecule has 0 unspecified atom stereocenters. The zero-order valence-electron chi connectivity index (χ0n) is 25.8. The number of fused-ring (bicyclic) bond motifs is 6. The van der Waals surface area contributed by atoms with Crippen molar-refractivity contribution in [3.05, 3.63) is 127 Å². The van der Waals surface area contributed by atoms with E-state index in [1.165, 1.54) is 16.8 Å². The number of hydrogen-bond donors (Lipinski definition) is 0. The molecule has 5 aromatic carbocycles. The van der Waals surface area contributed by atoms with Gasteiger partial charge in [-0.25, -0.2) is 9.97 Å². The van der Waals surface area contributed by atoms with Crippen LogP contribution >= 0.6 is 0 Å². The molecule has 0 aliphatic heterocycles. The molecule has 5 heteroatoms. The molecular weight excluding hydrogens is 554 g/mol. The Labute approximate surface area is 261 Å². The quantitative estimate of drug-likeness (QED) is 0.182. The fourth-order valence-electron chi connectivity index (χ4n) is 6.46. The first-order valence-corrected chi connectivity index (χ1v) is 15.5. The zero-order chi connectivity index (χ0) is 30.7. The standard InChI is InChI=1S/C40H33N3O2/c1-24(2)31-12-8-13-32(25(3)4)38(31)43-20-19-41-39(43)28-9-7-10-29(21-28)44-30-18-17-26-15-16-27-22-35-33-11-5-6-14-36(33)45-40(35)42-37(27)34(26)23-30/h5-25H,1-4H3. The van der Waals surface area contributed by atoms with Crippen LogP contribution < -0.4 is 4.74 Å². The molecule has 0 radical (unpaired) electrons. The largest absolute Gasteiger partial charge is 0.457 e. The van der Waals surface area contributed by atoms with Gasteiger partial charge in [-0.2, -0.15) is 0 Å². The average Bonchev–Trinajstić information content (AvgIpc) is 3.68. The lowest BCUT2D eigenvalue weighted by Crippen LogP contribution is -2.07. The van der Waals surface area contributed by atoms with Gasteiger partial charge in [0.15, 0.2) is 0 Å². The number of furan rings is 1. The van der Waals surface area contributed by atoms with E-state index >= 15 is 0 Å². The van der Waals surface area contributed by atoms with E-state index in [1.807, 2.05) is 42.6 Å². The zero-order valence-corrected chi connectivity index (χ0v) is 25.8. The summed E-state index contributed by atoms with van der Waals surface area (Å²) in [6.45, 7) is 8.98. The van der Waals surface area contributed by atoms with Crippen molar-refractivity contribution in [2.75, 3.05) is 0 Å². The van der Waals surface area contributed by atoms with Gasteiger partial charge in [-0.15, -0.1) is 0 Å². The number of rotatable bonds is 6. The average molecular weight is 588 g/mol. The van der Waals surface area contributed by atoms with Crippen LogP contribution in [0.5, 0.6) is 11.5 Å². The van der Waals surface area contributed by atoms with Gasteiger partial charge in [0.05, 0.1) is 11.2 Å². The van der Waals surface area contributed by atoms with Crippen LogP contribution in [0.1, 0.15) is 50.7 Å². The van der Waals surface area contributed by atoms with Crippen LogP contribution in [0.2, 0.25) is 0 Å². The molecule has 0 spiro atoms. The third kappa shape index (κ3) is 4.63. The lowest BCUT2D eigenvalue weighted by atomic mass is 9.92. The van der Waals surface area contributed by atoms with Crippen LogP contribution in [0.15, 0.2) is 120 Å². The van der Waals surface area contributed by atoms with Crippen molar-refractivity contribution >= 4 is 43.7 Å². The Morgan fingerprint density at radius 2 is 1.40 bits per heavy atom. The predicted octanol–water partition coefficient (Wildman–Crippen LogP) is 11.2. The minimum absolute atomic E-state index is 0.380. The maximum absolute atomic E-state index is 6.49. The molecule has 3 heterocycles. The molecule has 8 aromatic rings. The van der Waals surface area contributed by atoms with Crippen LogP contribution in [-0.2, 0) is 0 Å². The van der Waals surface area contributed by atoms with Crippen molar-refractivity contribution < 1.29 is 9.15 Å². The summed E-state index contributed by atoms with van der Waals surface area (Å²) in [6.07, 6.45) is 3.95. The SMILES string of the molecule is CC(C)c1cccc(C(C)C)c1-n1ccnc1-c1cccc(Oc2ccc3ccc4cc5c(nc4c3c2)oc2ccccc25)c1. The first-order valence-electron chi connectivity index (χ1n) is 15.5. The Hall–Kier alpha value is -5.42. The van der Waals surface area contributed by atoms with Gasteiger partial charge in [0, 0.05) is 39.5 Å². The summed E-state index contributed by atoms with van der Waals surface area (Å²) in [5.41, 5.74) is 7.21. The Morgan fingerprint density at radius 3 is 2.22 bits per heavy atom. The lowest BCUT2D eigenvalue weighted by Gasteiger charge is -2.22. The summed E-state index contributed by atoms with van der Waals surface area (Å²) in [5, 5.41) is 5.28. The number of hydrogen-bond acceptors (Lipinski definition) is 4. The minimum Gasteiger partial charge on any atom is -0.457 e. The first-order chi connectivity index (χ1) is 21.9. The molecular formula is C40H33N3O2. The molecule has 0 aliphatic carbocycles. The molecule has 0 aliphatic rings. The molecule has 5 nitrogen and oxygen atoms in total. The van der Waals surface area contributed by atoms with E-state index in [0.717, 1.165) is 60.9 Å². The third-order valence-corrected chi connectivity index (χ3v) is 8.68. The van der Waals surface area contributed by atoms with Gasteiger partial charge in [0.2, 0.25) is 5.71 Å². The Balaban J connectivity index is 1.18. The molecule has 0 amide bonds. The van der Waals surface area contributed by atoms with E-state index in [9.17, 15) is 0 Å². The number of imidazole rings is 1. The van der Waals surface area contributed by atoms with Crippen LogP contribution in [0.25, 0.3) is 60.8 Å². The fraction of sp³-hybridized carbons (Fsp3) is 0.150. The monoisotopic (exact) mass is 587 g/mol. The number of aromatic nitrogens is 3. The molecule has 0 fully saturated rings. The predicted molar refractivity (Wildman–Crippen MR) is 184 cm³/mol. The first kappa shape index (κ1) is 27.2. The highest BCUT2D eigenvalue weighted by atomic mass is 16.5. The van der Waals surface area contributed by atoms with Gasteiger partial charge in [-0.05, 0) is 64.7 Å². The molecule has 0 saturated heterocycles. The van der Waals surface area contributed by atoms with Gasteiger partial charge in [-0.3, -0.25) is 4.57 Å². The van der Waals surface area contributed by atoms with Gasteiger partial charge < -0.3 is 9.15 Å². The fourth-order valence-corrected chi connectivity index (χ4v) is 6.46. The molecule has 45 heavy (non-hydrogen) atoms. The van der Waals surface area contributed by atoms with Crippen LogP contribution in [0, 0.1) is 0 Å². The Morgan fingerprint density at radius 1 is 0.667 bits per heavy atom. The highest BCUT2D eigenvalue weighted by molar-refractivity contribution is 6.12. The maximum Gasteiger partial charge on any atom is 0.227 e. The second-order valence-corrected chi connectivity index (χ2v) is 12.3. The van der Waals surface area contributed by atoms with Crippen molar-refractivity contribution in [2.24, 2.45) is 0 Å². The normalized spacial score (nSPS) is 12.0. The molecule has 3 aromatic heterocycles. The summed E-state index contributed by atoms with van der Waals surface area (Å²) < 4.78 is 14.8. The molecule has 0 atom stereocenters. The smallest absolute Gasteiger partial charge is 0.227 e. The molecule has 0 N–H and O–H groups in total. The number of nitrogens with zero attached hydrogens (tertiary/aromatic N) is 3. The van der Waals surface area contributed by atoms with Crippen molar-refractivity contribution in [1.29, 1.82) is 0 Å². The molecule has 220 valence electrons. The Bertz CT molecular complexity index is 2350.